The number of alkyl halides is 1. The van der Waals surface area contributed by atoms with Gasteiger partial charge in [-0.05, 0) is 18.3 Å². The Balaban J connectivity index is 2.06. The molecular formula is C11H16BrNO2S. The Hall–Kier alpha value is -0.0300. The average Bonchev–Trinajstić information content (AvgIpc) is 2.73. The molecule has 1 aliphatic heterocycles. The average molecular weight is 306 g/mol. The first-order chi connectivity index (χ1) is 7.67. The second-order valence-corrected chi connectivity index (χ2v) is 6.29. The van der Waals surface area contributed by atoms with Crippen LogP contribution in [0, 0.1) is 5.41 Å². The third-order valence-electron chi connectivity index (χ3n) is 3.50. The molecule has 3 nitrogen and oxygen atoms in total. The molecule has 2 amide bonds. The zero-order chi connectivity index (χ0) is 11.6. The van der Waals surface area contributed by atoms with Crippen LogP contribution in [0.3, 0.4) is 0 Å². The molecule has 0 aromatic rings. The van der Waals surface area contributed by atoms with E-state index in [0.29, 0.717) is 18.7 Å². The highest BCUT2D eigenvalue weighted by Gasteiger charge is 2.39. The fourth-order valence-corrected chi connectivity index (χ4v) is 4.00. The van der Waals surface area contributed by atoms with Gasteiger partial charge in [0.1, 0.15) is 0 Å². The van der Waals surface area contributed by atoms with Crippen LogP contribution in [0.5, 0.6) is 0 Å². The van der Waals surface area contributed by atoms with Crippen LogP contribution < -0.4 is 0 Å². The van der Waals surface area contributed by atoms with Crippen molar-refractivity contribution in [3.05, 3.63) is 0 Å². The minimum atomic E-state index is -0.0523. The van der Waals surface area contributed by atoms with E-state index < -0.39 is 0 Å². The summed E-state index contributed by atoms with van der Waals surface area (Å²) in [6.45, 7) is 0.614. The van der Waals surface area contributed by atoms with Crippen molar-refractivity contribution in [1.82, 2.24) is 4.90 Å². The van der Waals surface area contributed by atoms with Crippen LogP contribution in [-0.2, 0) is 4.79 Å². The predicted molar refractivity (Wildman–Crippen MR) is 68.9 cm³/mol. The van der Waals surface area contributed by atoms with Crippen molar-refractivity contribution < 1.29 is 9.59 Å². The van der Waals surface area contributed by atoms with Crippen molar-refractivity contribution in [2.45, 2.75) is 32.1 Å². The molecule has 2 aliphatic rings. The van der Waals surface area contributed by atoms with Gasteiger partial charge in [-0.2, -0.15) is 0 Å². The number of halogens is 1. The van der Waals surface area contributed by atoms with Gasteiger partial charge in [0.05, 0.1) is 0 Å². The SMILES string of the molecule is O=C1CCSC(=O)N1CC1(CBr)CCCC1. The highest BCUT2D eigenvalue weighted by atomic mass is 79.9. The van der Waals surface area contributed by atoms with E-state index in [1.807, 2.05) is 0 Å². The maximum Gasteiger partial charge on any atom is 0.288 e. The van der Waals surface area contributed by atoms with Gasteiger partial charge in [-0.25, -0.2) is 0 Å². The zero-order valence-corrected chi connectivity index (χ0v) is 11.6. The van der Waals surface area contributed by atoms with Crippen LogP contribution in [0.25, 0.3) is 0 Å². The van der Waals surface area contributed by atoms with Crippen LogP contribution in [0.4, 0.5) is 4.79 Å². The summed E-state index contributed by atoms with van der Waals surface area (Å²) in [7, 11) is 0. The van der Waals surface area contributed by atoms with Gasteiger partial charge in [0.2, 0.25) is 5.91 Å². The fraction of sp³-hybridized carbons (Fsp3) is 0.818. The van der Waals surface area contributed by atoms with Gasteiger partial charge in [-0.15, -0.1) is 0 Å². The second-order valence-electron chi connectivity index (χ2n) is 4.68. The summed E-state index contributed by atoms with van der Waals surface area (Å²) >= 11 is 4.82. The first kappa shape index (κ1) is 12.4. The Bertz CT molecular complexity index is 286. The van der Waals surface area contributed by atoms with Crippen molar-refractivity contribution in [2.75, 3.05) is 17.6 Å². The van der Waals surface area contributed by atoms with Gasteiger partial charge < -0.3 is 0 Å². The number of thioether (sulfide) groups is 1. The second kappa shape index (κ2) is 5.08. The standard InChI is InChI=1S/C11H16BrNO2S/c12-7-11(4-1-2-5-11)8-13-9(14)3-6-16-10(13)15/h1-8H2. The van der Waals surface area contributed by atoms with E-state index in [2.05, 4.69) is 15.9 Å². The van der Waals surface area contributed by atoms with E-state index in [9.17, 15) is 9.59 Å². The van der Waals surface area contributed by atoms with Crippen LogP contribution in [0.1, 0.15) is 32.1 Å². The van der Waals surface area contributed by atoms with E-state index in [4.69, 9.17) is 0 Å². The first-order valence-electron chi connectivity index (χ1n) is 5.70. The molecule has 0 unspecified atom stereocenters. The van der Waals surface area contributed by atoms with E-state index in [0.717, 1.165) is 18.2 Å². The van der Waals surface area contributed by atoms with Gasteiger partial charge in [-0.1, -0.05) is 40.5 Å². The Morgan fingerprint density at radius 2 is 2.00 bits per heavy atom. The summed E-state index contributed by atoms with van der Waals surface area (Å²) in [6.07, 6.45) is 5.19. The summed E-state index contributed by atoms with van der Waals surface area (Å²) in [6, 6.07) is 0. The van der Waals surface area contributed by atoms with Crippen molar-refractivity contribution in [3.63, 3.8) is 0 Å². The lowest BCUT2D eigenvalue weighted by Gasteiger charge is -2.34. The summed E-state index contributed by atoms with van der Waals surface area (Å²) in [5.41, 5.74) is 0.142. The summed E-state index contributed by atoms with van der Waals surface area (Å²) in [5, 5.41) is 0.838. The summed E-state index contributed by atoms with van der Waals surface area (Å²) in [4.78, 5) is 24.9. The number of rotatable bonds is 3. The van der Waals surface area contributed by atoms with Crippen molar-refractivity contribution >= 4 is 38.8 Å². The molecule has 2 fully saturated rings. The van der Waals surface area contributed by atoms with Gasteiger partial charge >= 0.3 is 0 Å². The van der Waals surface area contributed by atoms with E-state index in [1.54, 1.807) is 0 Å². The molecule has 1 aliphatic carbocycles. The molecule has 0 N–H and O–H groups in total. The lowest BCUT2D eigenvalue weighted by atomic mass is 9.88. The highest BCUT2D eigenvalue weighted by Crippen LogP contribution is 2.41. The number of carbonyl (C=O) groups excluding carboxylic acids is 2. The quantitative estimate of drug-likeness (QED) is 0.752. The van der Waals surface area contributed by atoms with E-state index in [1.165, 1.54) is 29.5 Å². The minimum absolute atomic E-state index is 0.0102. The first-order valence-corrected chi connectivity index (χ1v) is 7.81. The van der Waals surface area contributed by atoms with Crippen molar-refractivity contribution in [2.24, 2.45) is 5.41 Å². The molecule has 1 saturated heterocycles. The molecule has 1 heterocycles. The van der Waals surface area contributed by atoms with Gasteiger partial charge in [0.15, 0.2) is 0 Å². The van der Waals surface area contributed by atoms with Gasteiger partial charge in [-0.3, -0.25) is 14.5 Å². The lowest BCUT2D eigenvalue weighted by Crippen LogP contribution is -2.45. The number of imide groups is 1. The molecule has 16 heavy (non-hydrogen) atoms. The highest BCUT2D eigenvalue weighted by molar-refractivity contribution is 9.09. The number of amides is 2. The fourth-order valence-electron chi connectivity index (χ4n) is 2.49. The molecule has 0 bridgehead atoms. The Kier molecular flexibility index (Phi) is 3.95. The minimum Gasteiger partial charge on any atom is -0.274 e. The third-order valence-corrected chi connectivity index (χ3v) is 5.57. The largest absolute Gasteiger partial charge is 0.288 e. The zero-order valence-electron chi connectivity index (χ0n) is 9.21. The smallest absolute Gasteiger partial charge is 0.274 e. The molecule has 2 rings (SSSR count). The van der Waals surface area contributed by atoms with Crippen molar-refractivity contribution in [1.29, 1.82) is 0 Å². The van der Waals surface area contributed by atoms with E-state index in [-0.39, 0.29) is 16.6 Å². The molecular weight excluding hydrogens is 290 g/mol. The van der Waals surface area contributed by atoms with Gasteiger partial charge in [0.25, 0.3) is 5.24 Å². The monoisotopic (exact) mass is 305 g/mol. The normalized spacial score (nSPS) is 25.2. The summed E-state index contributed by atoms with van der Waals surface area (Å²) < 4.78 is 0. The third kappa shape index (κ3) is 2.45. The Labute approximate surface area is 108 Å². The molecule has 1 saturated carbocycles. The number of hydrogen-bond donors (Lipinski definition) is 0. The Morgan fingerprint density at radius 3 is 2.56 bits per heavy atom. The number of nitrogens with zero attached hydrogens (tertiary/aromatic N) is 1. The van der Waals surface area contributed by atoms with Crippen LogP contribution in [0.2, 0.25) is 0 Å². The molecule has 0 spiro atoms. The predicted octanol–water partition coefficient (Wildman–Crippen LogP) is 3.03. The van der Waals surface area contributed by atoms with Crippen LogP contribution in [-0.4, -0.2) is 33.7 Å². The summed E-state index contributed by atoms with van der Waals surface area (Å²) in [5.74, 6) is 0.658. The number of carbonyl (C=O) groups is 2. The Morgan fingerprint density at radius 1 is 1.31 bits per heavy atom. The molecule has 0 aromatic heterocycles. The molecule has 90 valence electrons. The molecule has 5 heteroatoms. The van der Waals surface area contributed by atoms with E-state index >= 15 is 0 Å². The maximum absolute atomic E-state index is 11.7. The van der Waals surface area contributed by atoms with Crippen LogP contribution in [0.15, 0.2) is 0 Å². The molecule has 0 atom stereocenters. The number of hydrogen-bond acceptors (Lipinski definition) is 3. The van der Waals surface area contributed by atoms with Gasteiger partial charge in [0, 0.05) is 24.0 Å². The van der Waals surface area contributed by atoms with Crippen LogP contribution >= 0.6 is 27.7 Å². The topological polar surface area (TPSA) is 37.4 Å². The molecule has 0 radical (unpaired) electrons. The molecule has 0 aromatic carbocycles. The maximum atomic E-state index is 11.7. The lowest BCUT2D eigenvalue weighted by molar-refractivity contribution is -0.128. The van der Waals surface area contributed by atoms with Crippen molar-refractivity contribution in [3.8, 4) is 0 Å².